The number of aromatic nitrogens is 1. The van der Waals surface area contributed by atoms with Gasteiger partial charge in [-0.25, -0.2) is 4.89 Å². The number of ether oxygens (including phenoxy) is 1. The van der Waals surface area contributed by atoms with Crippen LogP contribution in [0, 0.1) is 0 Å². The van der Waals surface area contributed by atoms with Gasteiger partial charge in [-0.3, -0.25) is 5.26 Å². The van der Waals surface area contributed by atoms with Gasteiger partial charge in [-0.1, -0.05) is 48.2 Å². The average molecular weight is 631 g/mol. The molecule has 2 aromatic carbocycles. The fourth-order valence-electron chi connectivity index (χ4n) is 5.21. The van der Waals surface area contributed by atoms with Crippen molar-refractivity contribution in [3.05, 3.63) is 69.6 Å². The van der Waals surface area contributed by atoms with E-state index in [2.05, 4.69) is 63.1 Å². The Morgan fingerprint density at radius 3 is 2.46 bits per heavy atom. The van der Waals surface area contributed by atoms with Gasteiger partial charge >= 0.3 is 0 Å². The van der Waals surface area contributed by atoms with Crippen molar-refractivity contribution >= 4 is 22.5 Å². The summed E-state index contributed by atoms with van der Waals surface area (Å²) in [6.45, 7) is 9.81. The second-order valence-electron chi connectivity index (χ2n) is 10.2. The minimum Gasteiger partial charge on any atom is -0.650 e. The van der Waals surface area contributed by atoms with Crippen LogP contribution in [0.25, 0.3) is 16.2 Å². The van der Waals surface area contributed by atoms with E-state index in [-0.39, 0.29) is 38.8 Å². The molecule has 0 aliphatic carbocycles. The van der Waals surface area contributed by atoms with E-state index in [0.717, 1.165) is 42.3 Å². The first kappa shape index (κ1) is 32.5. The van der Waals surface area contributed by atoms with E-state index in [4.69, 9.17) is 26.9 Å². The van der Waals surface area contributed by atoms with E-state index in [9.17, 15) is 0 Å². The number of fused-ring (bicyclic) bond motifs is 3. The van der Waals surface area contributed by atoms with Crippen molar-refractivity contribution in [2.24, 2.45) is 0 Å². The maximum absolute atomic E-state index is 7.38. The molecule has 0 saturated carbocycles. The summed E-state index contributed by atoms with van der Waals surface area (Å²) in [5.41, 5.74) is 4.90. The van der Waals surface area contributed by atoms with Crippen molar-refractivity contribution in [3.8, 4) is 5.75 Å². The molecule has 2 aliphatic rings. The molecule has 2 aliphatic heterocycles. The Hall–Kier alpha value is -1.03. The number of H-pyrrole nitrogens is 1. The van der Waals surface area contributed by atoms with Crippen LogP contribution in [0.4, 0.5) is 0 Å². The molecule has 1 fully saturated rings. The van der Waals surface area contributed by atoms with Crippen molar-refractivity contribution in [2.75, 3.05) is 59.5 Å². The Bertz CT molecular complexity index is 1120. The monoisotopic (exact) mass is 630 g/mol. The molecule has 3 heterocycles. The fourth-order valence-corrected chi connectivity index (χ4v) is 5.38. The topological polar surface area (TPSA) is 75.1 Å². The SMILES string of the molecule is CCOO.CN1CCN(CCCCCCOc2ccc(C3[N-]CCc4c3[nH]c3ccc(Cl)cc43)cc2)CC1.[Y]. The van der Waals surface area contributed by atoms with Gasteiger partial charge in [-0.05, 0) is 75.7 Å². The summed E-state index contributed by atoms with van der Waals surface area (Å²) in [5, 5.41) is 14.3. The smallest absolute Gasteiger partial charge is 0.119 e. The molecule has 39 heavy (non-hydrogen) atoms. The number of unbranched alkanes of at least 4 members (excludes halogenated alkanes) is 3. The number of piperazine rings is 1. The number of nitrogens with one attached hydrogen (secondary N) is 1. The van der Waals surface area contributed by atoms with Crippen LogP contribution in [0.5, 0.6) is 5.75 Å². The quantitative estimate of drug-likeness (QED) is 0.152. The van der Waals surface area contributed by atoms with Gasteiger partial charge in [0.2, 0.25) is 0 Å². The third-order valence-corrected chi connectivity index (χ3v) is 7.64. The molecule has 1 aromatic heterocycles. The van der Waals surface area contributed by atoms with Crippen LogP contribution in [-0.4, -0.2) is 79.6 Å². The molecule has 9 heteroatoms. The van der Waals surface area contributed by atoms with Crippen LogP contribution in [0.3, 0.4) is 0 Å². The summed E-state index contributed by atoms with van der Waals surface area (Å²) in [5.74, 6) is 0.945. The minimum absolute atomic E-state index is 0. The first-order valence-electron chi connectivity index (χ1n) is 14.0. The Morgan fingerprint density at radius 2 is 1.74 bits per heavy atom. The number of halogens is 1. The third-order valence-electron chi connectivity index (χ3n) is 7.41. The van der Waals surface area contributed by atoms with Crippen molar-refractivity contribution in [2.45, 2.75) is 45.1 Å². The molecule has 7 nitrogen and oxygen atoms in total. The predicted molar refractivity (Wildman–Crippen MR) is 156 cm³/mol. The van der Waals surface area contributed by atoms with E-state index < -0.39 is 0 Å². The van der Waals surface area contributed by atoms with E-state index in [1.807, 2.05) is 6.07 Å². The molecule has 2 N–H and O–H groups in total. The summed E-state index contributed by atoms with van der Waals surface area (Å²) in [6, 6.07) is 14.6. The zero-order valence-corrected chi connectivity index (χ0v) is 27.0. The van der Waals surface area contributed by atoms with Gasteiger partial charge in [0.25, 0.3) is 0 Å². The number of benzene rings is 2. The predicted octanol–water partition coefficient (Wildman–Crippen LogP) is 6.52. The van der Waals surface area contributed by atoms with Gasteiger partial charge in [0.05, 0.1) is 13.2 Å². The largest absolute Gasteiger partial charge is 0.650 e. The van der Waals surface area contributed by atoms with Gasteiger partial charge < -0.3 is 24.8 Å². The zero-order chi connectivity index (χ0) is 26.7. The summed E-state index contributed by atoms with van der Waals surface area (Å²) >= 11 is 6.25. The maximum Gasteiger partial charge on any atom is 0.119 e. The van der Waals surface area contributed by atoms with Crippen LogP contribution in [-0.2, 0) is 44.0 Å². The van der Waals surface area contributed by atoms with Crippen LogP contribution in [0.15, 0.2) is 42.5 Å². The molecule has 1 atom stereocenters. The van der Waals surface area contributed by atoms with Crippen molar-refractivity contribution in [1.82, 2.24) is 14.8 Å². The summed E-state index contributed by atoms with van der Waals surface area (Å²) in [4.78, 5) is 12.2. The molecule has 5 rings (SSSR count). The Balaban J connectivity index is 0.000000788. The van der Waals surface area contributed by atoms with Gasteiger partial charge in [0, 0.05) is 80.5 Å². The molecule has 0 bridgehead atoms. The Kier molecular flexibility index (Phi) is 14.2. The van der Waals surface area contributed by atoms with Gasteiger partial charge in [0.15, 0.2) is 0 Å². The van der Waals surface area contributed by atoms with E-state index in [0.29, 0.717) is 6.61 Å². The minimum atomic E-state index is 0. The van der Waals surface area contributed by atoms with Crippen molar-refractivity contribution in [3.63, 3.8) is 0 Å². The van der Waals surface area contributed by atoms with Crippen molar-refractivity contribution in [1.29, 1.82) is 0 Å². The van der Waals surface area contributed by atoms with Crippen LogP contribution >= 0.6 is 11.6 Å². The van der Waals surface area contributed by atoms with Gasteiger partial charge in [-0.2, -0.15) is 0 Å². The second kappa shape index (κ2) is 17.1. The molecule has 0 spiro atoms. The standard InChI is InChI=1S/C28H36ClN4O.C2H6O2.Y/c1-32-15-17-33(18-16-32)14-4-2-3-5-19-34-23-9-6-21(7-10-23)27-28-24(12-13-30-27)25-20-22(29)8-11-26(25)31-28;1-2-4-3;/h6-11,20,27,31H,2-5,12-19H2,1H3;3H,2H2,1H3;/q-1;;. The van der Waals surface area contributed by atoms with E-state index in [1.165, 1.54) is 74.2 Å². The molecular weight excluding hydrogens is 589 g/mol. The Morgan fingerprint density at radius 1 is 1.03 bits per heavy atom. The molecule has 1 radical (unpaired) electrons. The molecule has 211 valence electrons. The van der Waals surface area contributed by atoms with Gasteiger partial charge in [-0.15, -0.1) is 6.54 Å². The number of nitrogens with zero attached hydrogens (tertiary/aromatic N) is 3. The molecule has 1 unspecified atom stereocenters. The summed E-state index contributed by atoms with van der Waals surface area (Å²) in [7, 11) is 2.21. The third kappa shape index (κ3) is 9.51. The first-order valence-corrected chi connectivity index (χ1v) is 14.3. The summed E-state index contributed by atoms with van der Waals surface area (Å²) < 4.78 is 6.02. The number of likely N-dealkylation sites (N-methyl/N-ethyl adjacent to an activating group) is 1. The van der Waals surface area contributed by atoms with Crippen LogP contribution in [0.1, 0.15) is 55.5 Å². The molecule has 3 aromatic rings. The molecule has 1 saturated heterocycles. The molecular formula is C30H42ClN4O3Y-. The average Bonchev–Trinajstić information content (AvgIpc) is 3.32. The summed E-state index contributed by atoms with van der Waals surface area (Å²) in [6.07, 6.45) is 5.90. The number of hydrogen-bond acceptors (Lipinski definition) is 5. The number of rotatable bonds is 10. The van der Waals surface area contributed by atoms with E-state index in [1.54, 1.807) is 6.92 Å². The second-order valence-corrected chi connectivity index (χ2v) is 10.6. The fraction of sp³-hybridized carbons (Fsp3) is 0.533. The zero-order valence-electron chi connectivity index (χ0n) is 23.4. The number of hydrogen-bond donors (Lipinski definition) is 2. The maximum atomic E-state index is 7.38. The van der Waals surface area contributed by atoms with E-state index >= 15 is 0 Å². The molecule has 0 amide bonds. The number of aromatic amines is 1. The van der Waals surface area contributed by atoms with Gasteiger partial charge in [0.1, 0.15) is 5.75 Å². The normalized spacial score (nSPS) is 17.7. The Labute approximate surface area is 263 Å². The van der Waals surface area contributed by atoms with Crippen molar-refractivity contribution < 1.29 is 47.6 Å². The first-order chi connectivity index (χ1) is 18.6. The van der Waals surface area contributed by atoms with Crippen LogP contribution in [0.2, 0.25) is 5.02 Å². The van der Waals surface area contributed by atoms with Crippen LogP contribution < -0.4 is 4.74 Å².